The average Bonchev–Trinajstić information content (AvgIpc) is 2.36. The summed E-state index contributed by atoms with van der Waals surface area (Å²) in [6.07, 6.45) is 1.80. The third kappa shape index (κ3) is 6.04. The van der Waals surface area contributed by atoms with Gasteiger partial charge in [0.25, 0.3) is 0 Å². The van der Waals surface area contributed by atoms with Crippen LogP contribution in [0.2, 0.25) is 0 Å². The van der Waals surface area contributed by atoms with E-state index >= 15 is 0 Å². The van der Waals surface area contributed by atoms with Gasteiger partial charge >= 0.3 is 0 Å². The number of nitrogens with one attached hydrogen (secondary N) is 2. The molecular weight excluding hydrogens is 240 g/mol. The molecule has 0 unspecified atom stereocenters. The van der Waals surface area contributed by atoms with Gasteiger partial charge in [0.05, 0.1) is 0 Å². The van der Waals surface area contributed by atoms with Gasteiger partial charge in [-0.2, -0.15) is 0 Å². The first-order valence-corrected chi connectivity index (χ1v) is 6.60. The van der Waals surface area contributed by atoms with Crippen molar-refractivity contribution in [1.29, 1.82) is 0 Å². The SMILES string of the molecule is CC(=O)N[C@@H](C)C(=O)N[C@@H](C)CCc1ccccc1. The molecule has 4 nitrogen and oxygen atoms in total. The summed E-state index contributed by atoms with van der Waals surface area (Å²) in [5, 5.41) is 5.47. The molecule has 0 aliphatic rings. The fourth-order valence-electron chi connectivity index (χ4n) is 1.84. The zero-order chi connectivity index (χ0) is 14.3. The van der Waals surface area contributed by atoms with Gasteiger partial charge in [-0.3, -0.25) is 9.59 Å². The Morgan fingerprint density at radius 3 is 2.32 bits per heavy atom. The van der Waals surface area contributed by atoms with E-state index in [-0.39, 0.29) is 17.9 Å². The van der Waals surface area contributed by atoms with Crippen molar-refractivity contribution in [2.24, 2.45) is 0 Å². The first kappa shape index (κ1) is 15.2. The van der Waals surface area contributed by atoms with Crippen molar-refractivity contribution in [3.8, 4) is 0 Å². The lowest BCUT2D eigenvalue weighted by Gasteiger charge is -2.18. The molecule has 1 aromatic carbocycles. The number of aryl methyl sites for hydroxylation is 1. The van der Waals surface area contributed by atoms with Crippen LogP contribution in [-0.2, 0) is 16.0 Å². The lowest BCUT2D eigenvalue weighted by atomic mass is 10.1. The minimum atomic E-state index is -0.489. The summed E-state index contributed by atoms with van der Waals surface area (Å²) in [5.74, 6) is -0.338. The van der Waals surface area contributed by atoms with Gasteiger partial charge in [0.15, 0.2) is 0 Å². The van der Waals surface area contributed by atoms with Crippen LogP contribution in [0.25, 0.3) is 0 Å². The Kier molecular flexibility index (Phi) is 6.06. The van der Waals surface area contributed by atoms with E-state index in [0.717, 1.165) is 12.8 Å². The molecule has 0 bridgehead atoms. The second-order valence-electron chi connectivity index (χ2n) is 4.86. The molecule has 0 saturated carbocycles. The highest BCUT2D eigenvalue weighted by Crippen LogP contribution is 2.04. The van der Waals surface area contributed by atoms with Gasteiger partial charge < -0.3 is 10.6 Å². The first-order valence-electron chi connectivity index (χ1n) is 6.60. The highest BCUT2D eigenvalue weighted by atomic mass is 16.2. The van der Waals surface area contributed by atoms with Crippen molar-refractivity contribution in [2.75, 3.05) is 0 Å². The maximum atomic E-state index is 11.8. The van der Waals surface area contributed by atoms with Crippen molar-refractivity contribution in [1.82, 2.24) is 10.6 Å². The third-order valence-corrected chi connectivity index (χ3v) is 2.91. The maximum absolute atomic E-state index is 11.8. The number of hydrogen-bond donors (Lipinski definition) is 2. The number of carbonyl (C=O) groups excluding carboxylic acids is 2. The fraction of sp³-hybridized carbons (Fsp3) is 0.467. The Labute approximate surface area is 114 Å². The molecule has 0 aromatic heterocycles. The van der Waals surface area contributed by atoms with Gasteiger partial charge in [0.1, 0.15) is 6.04 Å². The molecule has 104 valence electrons. The Morgan fingerprint density at radius 1 is 1.11 bits per heavy atom. The van der Waals surface area contributed by atoms with E-state index in [4.69, 9.17) is 0 Å². The molecule has 0 spiro atoms. The van der Waals surface area contributed by atoms with Gasteiger partial charge in [-0.15, -0.1) is 0 Å². The Hall–Kier alpha value is -1.84. The Bertz CT molecular complexity index is 417. The van der Waals surface area contributed by atoms with E-state index in [1.807, 2.05) is 25.1 Å². The van der Waals surface area contributed by atoms with Crippen molar-refractivity contribution in [2.45, 2.75) is 45.7 Å². The van der Waals surface area contributed by atoms with Gasteiger partial charge in [0, 0.05) is 13.0 Å². The standard InChI is InChI=1S/C15H22N2O2/c1-11(9-10-14-7-5-4-6-8-14)16-15(19)12(2)17-13(3)18/h4-8,11-12H,9-10H2,1-3H3,(H,16,19)(H,17,18)/t11-,12-/m0/s1. The van der Waals surface area contributed by atoms with E-state index in [0.29, 0.717) is 0 Å². The number of hydrogen-bond acceptors (Lipinski definition) is 2. The minimum Gasteiger partial charge on any atom is -0.352 e. The molecule has 1 aromatic rings. The highest BCUT2D eigenvalue weighted by Gasteiger charge is 2.15. The predicted octanol–water partition coefficient (Wildman–Crippen LogP) is 1.65. The van der Waals surface area contributed by atoms with Crippen LogP contribution in [-0.4, -0.2) is 23.9 Å². The highest BCUT2D eigenvalue weighted by molar-refractivity contribution is 5.86. The smallest absolute Gasteiger partial charge is 0.242 e. The summed E-state index contributed by atoms with van der Waals surface area (Å²) in [6.45, 7) is 5.06. The van der Waals surface area contributed by atoms with Crippen molar-refractivity contribution in [3.63, 3.8) is 0 Å². The van der Waals surface area contributed by atoms with Crippen LogP contribution in [0.1, 0.15) is 32.8 Å². The van der Waals surface area contributed by atoms with E-state index < -0.39 is 6.04 Å². The number of carbonyl (C=O) groups is 2. The lowest BCUT2D eigenvalue weighted by Crippen LogP contribution is -2.46. The van der Waals surface area contributed by atoms with Crippen LogP contribution >= 0.6 is 0 Å². The molecule has 1 rings (SSSR count). The Morgan fingerprint density at radius 2 is 1.74 bits per heavy atom. The van der Waals surface area contributed by atoms with Gasteiger partial charge in [-0.05, 0) is 32.3 Å². The molecule has 4 heteroatoms. The predicted molar refractivity (Wildman–Crippen MR) is 75.6 cm³/mol. The quantitative estimate of drug-likeness (QED) is 0.819. The molecule has 2 amide bonds. The molecule has 0 heterocycles. The summed E-state index contributed by atoms with van der Waals surface area (Å²) in [5.41, 5.74) is 1.26. The average molecular weight is 262 g/mol. The molecule has 0 aliphatic heterocycles. The van der Waals surface area contributed by atoms with Crippen LogP contribution < -0.4 is 10.6 Å². The van der Waals surface area contributed by atoms with E-state index in [1.54, 1.807) is 6.92 Å². The van der Waals surface area contributed by atoms with Crippen LogP contribution in [0.3, 0.4) is 0 Å². The zero-order valence-corrected chi connectivity index (χ0v) is 11.8. The van der Waals surface area contributed by atoms with E-state index in [1.165, 1.54) is 12.5 Å². The topological polar surface area (TPSA) is 58.2 Å². The Balaban J connectivity index is 2.32. The number of rotatable bonds is 6. The fourth-order valence-corrected chi connectivity index (χ4v) is 1.84. The zero-order valence-electron chi connectivity index (χ0n) is 11.8. The first-order chi connectivity index (χ1) is 8.99. The van der Waals surface area contributed by atoms with Crippen LogP contribution in [0.4, 0.5) is 0 Å². The number of amides is 2. The third-order valence-electron chi connectivity index (χ3n) is 2.91. The summed E-state index contributed by atoms with van der Waals surface area (Å²) >= 11 is 0. The maximum Gasteiger partial charge on any atom is 0.242 e. The number of benzene rings is 1. The van der Waals surface area contributed by atoms with Gasteiger partial charge in [-0.25, -0.2) is 0 Å². The normalized spacial score (nSPS) is 13.4. The van der Waals surface area contributed by atoms with Crippen LogP contribution in [0, 0.1) is 0 Å². The van der Waals surface area contributed by atoms with Crippen molar-refractivity contribution >= 4 is 11.8 Å². The van der Waals surface area contributed by atoms with Crippen molar-refractivity contribution in [3.05, 3.63) is 35.9 Å². The van der Waals surface area contributed by atoms with E-state index in [9.17, 15) is 9.59 Å². The summed E-state index contributed by atoms with van der Waals surface area (Å²) in [7, 11) is 0. The largest absolute Gasteiger partial charge is 0.352 e. The second kappa shape index (κ2) is 7.56. The molecular formula is C15H22N2O2. The molecule has 2 N–H and O–H groups in total. The summed E-state index contributed by atoms with van der Waals surface area (Å²) in [6, 6.07) is 9.77. The molecule has 0 fully saturated rings. The van der Waals surface area contributed by atoms with Crippen molar-refractivity contribution < 1.29 is 9.59 Å². The molecule has 0 saturated heterocycles. The molecule has 2 atom stereocenters. The minimum absolute atomic E-state index is 0.0870. The van der Waals surface area contributed by atoms with Crippen LogP contribution in [0.15, 0.2) is 30.3 Å². The molecule has 0 radical (unpaired) electrons. The van der Waals surface area contributed by atoms with Gasteiger partial charge in [0.2, 0.25) is 11.8 Å². The van der Waals surface area contributed by atoms with Gasteiger partial charge in [-0.1, -0.05) is 30.3 Å². The summed E-state index contributed by atoms with van der Waals surface area (Å²) in [4.78, 5) is 22.6. The monoisotopic (exact) mass is 262 g/mol. The molecule has 0 aliphatic carbocycles. The van der Waals surface area contributed by atoms with Crippen LogP contribution in [0.5, 0.6) is 0 Å². The van der Waals surface area contributed by atoms with E-state index in [2.05, 4.69) is 22.8 Å². The summed E-state index contributed by atoms with van der Waals surface area (Å²) < 4.78 is 0. The second-order valence-corrected chi connectivity index (χ2v) is 4.86. The molecule has 19 heavy (non-hydrogen) atoms. The lowest BCUT2D eigenvalue weighted by molar-refractivity contribution is -0.128.